The second-order valence-electron chi connectivity index (χ2n) is 6.71. The van der Waals surface area contributed by atoms with Gasteiger partial charge in [-0.1, -0.05) is 50.6 Å². The second kappa shape index (κ2) is 9.04. The molecule has 5 nitrogen and oxygen atoms in total. The molecule has 4 atom stereocenters. The third-order valence-corrected chi connectivity index (χ3v) is 5.02. The number of carbonyl (C=O) groups excluding carboxylic acids is 1. The lowest BCUT2D eigenvalue weighted by atomic mass is 10.00. The molecule has 1 heterocycles. The zero-order valence-electron chi connectivity index (χ0n) is 14.9. The number of nitrogens with one attached hydrogen (secondary N) is 1. The molecule has 0 bridgehead atoms. The fraction of sp³-hybridized carbons (Fsp3) is 0.632. The minimum atomic E-state index is -0.597. The van der Waals surface area contributed by atoms with Gasteiger partial charge in [-0.2, -0.15) is 0 Å². The lowest BCUT2D eigenvalue weighted by Gasteiger charge is -2.37. The molecule has 0 aliphatic carbocycles. The smallest absolute Gasteiger partial charge is 0.318 e. The summed E-state index contributed by atoms with van der Waals surface area (Å²) in [5.41, 5.74) is 0.872. The van der Waals surface area contributed by atoms with Crippen molar-refractivity contribution in [1.29, 1.82) is 0 Å². The molecule has 1 aromatic carbocycles. The Hall–Kier alpha value is -1.59. The lowest BCUT2D eigenvalue weighted by molar-refractivity contribution is -0.00760. The monoisotopic (exact) mass is 334 g/mol. The molecule has 0 saturated carbocycles. The molecule has 5 heteroatoms. The minimum absolute atomic E-state index is 0.0589. The average Bonchev–Trinajstić information content (AvgIpc) is 2.62. The molecule has 134 valence electrons. The maximum absolute atomic E-state index is 12.6. The fourth-order valence-corrected chi connectivity index (χ4v) is 2.96. The Morgan fingerprint density at radius 1 is 1.38 bits per heavy atom. The van der Waals surface area contributed by atoms with Crippen molar-refractivity contribution >= 4 is 6.03 Å². The third kappa shape index (κ3) is 4.95. The van der Waals surface area contributed by atoms with E-state index in [1.54, 1.807) is 0 Å². The van der Waals surface area contributed by atoms with Crippen LogP contribution in [0.4, 0.5) is 4.79 Å². The van der Waals surface area contributed by atoms with E-state index in [1.165, 1.54) is 0 Å². The van der Waals surface area contributed by atoms with E-state index in [9.17, 15) is 9.90 Å². The summed E-state index contributed by atoms with van der Waals surface area (Å²) in [6.07, 6.45) is 0.913. The molecular formula is C19H30N2O3. The first-order valence-electron chi connectivity index (χ1n) is 8.90. The Morgan fingerprint density at radius 3 is 2.75 bits per heavy atom. The average molecular weight is 334 g/mol. The van der Waals surface area contributed by atoms with Gasteiger partial charge in [0.1, 0.15) is 0 Å². The standard InChI is InChI=1S/C19H30N2O3/c1-4-14(2)15(3)20-19(23)21-10-11-24-13-17(21)12-18(22)16-8-6-5-7-9-16/h5-9,14-15,17-18,22H,4,10-13H2,1-3H3,(H,20,23). The first-order chi connectivity index (χ1) is 11.5. The largest absolute Gasteiger partial charge is 0.388 e. The highest BCUT2D eigenvalue weighted by atomic mass is 16.5. The molecule has 1 fully saturated rings. The quantitative estimate of drug-likeness (QED) is 0.841. The van der Waals surface area contributed by atoms with Crippen LogP contribution < -0.4 is 5.32 Å². The number of aliphatic hydroxyl groups excluding tert-OH is 1. The van der Waals surface area contributed by atoms with E-state index >= 15 is 0 Å². The lowest BCUT2D eigenvalue weighted by Crippen LogP contribution is -2.55. The van der Waals surface area contributed by atoms with Gasteiger partial charge in [-0.05, 0) is 18.4 Å². The molecule has 2 amide bonds. The molecule has 4 unspecified atom stereocenters. The highest BCUT2D eigenvalue weighted by Crippen LogP contribution is 2.22. The molecule has 1 aromatic rings. The summed E-state index contributed by atoms with van der Waals surface area (Å²) < 4.78 is 5.54. The van der Waals surface area contributed by atoms with E-state index in [2.05, 4.69) is 19.2 Å². The van der Waals surface area contributed by atoms with Crippen LogP contribution in [0.2, 0.25) is 0 Å². The normalized spacial score (nSPS) is 21.8. The maximum atomic E-state index is 12.6. The van der Waals surface area contributed by atoms with Gasteiger partial charge in [0.25, 0.3) is 0 Å². The third-order valence-electron chi connectivity index (χ3n) is 5.02. The van der Waals surface area contributed by atoms with E-state index in [0.717, 1.165) is 12.0 Å². The Bertz CT molecular complexity index is 509. The summed E-state index contributed by atoms with van der Waals surface area (Å²) in [6.45, 7) is 7.88. The van der Waals surface area contributed by atoms with Crippen molar-refractivity contribution in [1.82, 2.24) is 10.2 Å². The van der Waals surface area contributed by atoms with Gasteiger partial charge in [0.2, 0.25) is 0 Å². The van der Waals surface area contributed by atoms with Crippen LogP contribution in [-0.2, 0) is 4.74 Å². The number of benzene rings is 1. The summed E-state index contributed by atoms with van der Waals surface area (Å²) in [4.78, 5) is 14.4. The number of hydrogen-bond acceptors (Lipinski definition) is 3. The molecule has 1 saturated heterocycles. The van der Waals surface area contributed by atoms with Crippen molar-refractivity contribution in [3.63, 3.8) is 0 Å². The van der Waals surface area contributed by atoms with Gasteiger partial charge in [-0.3, -0.25) is 0 Å². The number of aliphatic hydroxyl groups is 1. The van der Waals surface area contributed by atoms with E-state index in [1.807, 2.05) is 42.2 Å². The number of urea groups is 1. The summed E-state index contributed by atoms with van der Waals surface area (Å²) in [5, 5.41) is 13.6. The summed E-state index contributed by atoms with van der Waals surface area (Å²) in [6, 6.07) is 9.52. The van der Waals surface area contributed by atoms with E-state index in [0.29, 0.717) is 32.1 Å². The molecule has 2 N–H and O–H groups in total. The van der Waals surface area contributed by atoms with Gasteiger partial charge in [0.15, 0.2) is 0 Å². The Balaban J connectivity index is 1.98. The van der Waals surface area contributed by atoms with Crippen LogP contribution in [0.15, 0.2) is 30.3 Å². The first kappa shape index (κ1) is 18.7. The van der Waals surface area contributed by atoms with E-state index in [4.69, 9.17) is 4.74 Å². The predicted molar refractivity (Wildman–Crippen MR) is 94.8 cm³/mol. The van der Waals surface area contributed by atoms with Crippen LogP contribution in [0, 0.1) is 5.92 Å². The highest BCUT2D eigenvalue weighted by Gasteiger charge is 2.30. The van der Waals surface area contributed by atoms with Crippen molar-refractivity contribution in [2.75, 3.05) is 19.8 Å². The van der Waals surface area contributed by atoms with E-state index < -0.39 is 6.10 Å². The van der Waals surface area contributed by atoms with Crippen LogP contribution in [0.5, 0.6) is 0 Å². The Labute approximate surface area is 145 Å². The molecule has 0 spiro atoms. The van der Waals surface area contributed by atoms with Gasteiger partial charge in [0.05, 0.1) is 25.4 Å². The predicted octanol–water partition coefficient (Wildman–Crippen LogP) is 2.96. The zero-order chi connectivity index (χ0) is 17.5. The van der Waals surface area contributed by atoms with Crippen molar-refractivity contribution < 1.29 is 14.6 Å². The minimum Gasteiger partial charge on any atom is -0.388 e. The Morgan fingerprint density at radius 2 is 2.08 bits per heavy atom. The van der Waals surface area contributed by atoms with E-state index in [-0.39, 0.29) is 18.1 Å². The number of amides is 2. The van der Waals surface area contributed by atoms with Crippen LogP contribution in [0.1, 0.15) is 45.3 Å². The molecule has 2 rings (SSSR count). The molecule has 24 heavy (non-hydrogen) atoms. The van der Waals surface area contributed by atoms with Gasteiger partial charge in [0, 0.05) is 19.0 Å². The maximum Gasteiger partial charge on any atom is 0.318 e. The van der Waals surface area contributed by atoms with Crippen LogP contribution >= 0.6 is 0 Å². The van der Waals surface area contributed by atoms with Crippen LogP contribution in [0.3, 0.4) is 0 Å². The second-order valence-corrected chi connectivity index (χ2v) is 6.71. The Kier molecular flexibility index (Phi) is 7.06. The molecule has 0 radical (unpaired) electrons. The van der Waals surface area contributed by atoms with Crippen molar-refractivity contribution in [3.8, 4) is 0 Å². The number of ether oxygens (including phenoxy) is 1. The summed E-state index contributed by atoms with van der Waals surface area (Å²) in [5.74, 6) is 0.434. The van der Waals surface area contributed by atoms with Crippen LogP contribution in [0.25, 0.3) is 0 Å². The van der Waals surface area contributed by atoms with Crippen molar-refractivity contribution in [2.24, 2.45) is 5.92 Å². The van der Waals surface area contributed by atoms with Crippen molar-refractivity contribution in [3.05, 3.63) is 35.9 Å². The van der Waals surface area contributed by atoms with Gasteiger partial charge in [-0.25, -0.2) is 4.79 Å². The number of rotatable bonds is 6. The molecular weight excluding hydrogens is 304 g/mol. The number of morpholine rings is 1. The SMILES string of the molecule is CCC(C)C(C)NC(=O)N1CCOCC1CC(O)c1ccccc1. The zero-order valence-corrected chi connectivity index (χ0v) is 14.9. The first-order valence-corrected chi connectivity index (χ1v) is 8.90. The number of carbonyl (C=O) groups is 1. The van der Waals surface area contributed by atoms with Gasteiger partial charge in [-0.15, -0.1) is 0 Å². The van der Waals surface area contributed by atoms with Gasteiger partial charge < -0.3 is 20.1 Å². The van der Waals surface area contributed by atoms with Gasteiger partial charge >= 0.3 is 6.03 Å². The fourth-order valence-electron chi connectivity index (χ4n) is 2.96. The topological polar surface area (TPSA) is 61.8 Å². The molecule has 1 aliphatic rings. The molecule has 0 aromatic heterocycles. The number of nitrogens with zero attached hydrogens (tertiary/aromatic N) is 1. The summed E-state index contributed by atoms with van der Waals surface area (Å²) in [7, 11) is 0. The number of hydrogen-bond donors (Lipinski definition) is 2. The van der Waals surface area contributed by atoms with Crippen molar-refractivity contribution in [2.45, 2.75) is 51.8 Å². The van der Waals surface area contributed by atoms with Crippen LogP contribution in [-0.4, -0.2) is 47.9 Å². The summed E-state index contributed by atoms with van der Waals surface area (Å²) >= 11 is 0. The highest BCUT2D eigenvalue weighted by molar-refractivity contribution is 5.75. The molecule has 1 aliphatic heterocycles.